The van der Waals surface area contributed by atoms with Gasteiger partial charge in [-0.2, -0.15) is 0 Å². The molecule has 2 heterocycles. The van der Waals surface area contributed by atoms with Crippen molar-refractivity contribution in [1.29, 1.82) is 0 Å². The molecule has 68 valence electrons. The largest absolute Gasteiger partial charge is 0.0870 e. The molecule has 1 aromatic carbocycles. The number of benzene rings is 1. The molecule has 0 radical (unpaired) electrons. The van der Waals surface area contributed by atoms with Gasteiger partial charge in [0.15, 0.2) is 0 Å². The first-order valence-electron chi connectivity index (χ1n) is 5.45. The molecule has 2 aliphatic rings. The molecule has 0 spiro atoms. The van der Waals surface area contributed by atoms with Crippen LogP contribution in [0.1, 0.15) is 12.8 Å². The first-order valence-corrected chi connectivity index (χ1v) is 8.07. The zero-order valence-electron chi connectivity index (χ0n) is 8.00. The fraction of sp³-hybridized carbons (Fsp3) is 0.500. The average Bonchev–Trinajstić information content (AvgIpc) is 2.80. The van der Waals surface area contributed by atoms with Crippen LogP contribution < -0.4 is 5.19 Å². The van der Waals surface area contributed by atoms with Gasteiger partial charge in [-0.05, 0) is 5.92 Å². The van der Waals surface area contributed by atoms with Crippen LogP contribution in [-0.2, 0) is 0 Å². The normalized spacial score (nSPS) is 36.8. The van der Waals surface area contributed by atoms with Gasteiger partial charge in [0.05, 0.1) is 8.07 Å². The number of fused-ring (bicyclic) bond motifs is 2. The molecule has 0 aliphatic carbocycles. The number of rotatable bonds is 1. The summed E-state index contributed by atoms with van der Waals surface area (Å²) in [4.78, 5) is 0. The molecule has 3 rings (SSSR count). The maximum Gasteiger partial charge on any atom is 0.0870 e. The number of hydrogen-bond acceptors (Lipinski definition) is 0. The van der Waals surface area contributed by atoms with Gasteiger partial charge < -0.3 is 0 Å². The molecule has 1 aromatic rings. The van der Waals surface area contributed by atoms with Crippen LogP contribution in [0.4, 0.5) is 0 Å². The Morgan fingerprint density at radius 3 is 2.23 bits per heavy atom. The molecule has 0 aromatic heterocycles. The van der Waals surface area contributed by atoms with E-state index in [9.17, 15) is 0 Å². The van der Waals surface area contributed by atoms with Crippen LogP contribution in [0.25, 0.3) is 0 Å². The molecule has 0 saturated carbocycles. The Morgan fingerprint density at radius 1 is 1.00 bits per heavy atom. The molecule has 2 aliphatic heterocycles. The van der Waals surface area contributed by atoms with Crippen LogP contribution in [0.5, 0.6) is 0 Å². The lowest BCUT2D eigenvalue weighted by atomic mass is 10.1. The highest BCUT2D eigenvalue weighted by Gasteiger charge is 2.47. The molecule has 0 nitrogen and oxygen atoms in total. The van der Waals surface area contributed by atoms with Gasteiger partial charge in [0.25, 0.3) is 0 Å². The predicted octanol–water partition coefficient (Wildman–Crippen LogP) is 2.77. The van der Waals surface area contributed by atoms with Crippen molar-refractivity contribution in [3.8, 4) is 0 Å². The minimum atomic E-state index is -0.908. The van der Waals surface area contributed by atoms with Gasteiger partial charge in [-0.25, -0.2) is 0 Å². The molecular formula is C12H16Si. The van der Waals surface area contributed by atoms with Crippen molar-refractivity contribution in [2.45, 2.75) is 31.0 Å². The first-order chi connectivity index (χ1) is 6.39. The summed E-state index contributed by atoms with van der Waals surface area (Å²) < 4.78 is 0. The highest BCUT2D eigenvalue weighted by molar-refractivity contribution is 6.93. The van der Waals surface area contributed by atoms with Gasteiger partial charge >= 0.3 is 0 Å². The molecule has 0 N–H and O–H groups in total. The summed E-state index contributed by atoms with van der Waals surface area (Å²) in [5, 5.41) is 1.75. The van der Waals surface area contributed by atoms with E-state index >= 15 is 0 Å². The van der Waals surface area contributed by atoms with Crippen LogP contribution in [0.3, 0.4) is 0 Å². The zero-order chi connectivity index (χ0) is 8.73. The second-order valence-electron chi connectivity index (χ2n) is 4.79. The third-order valence-electron chi connectivity index (χ3n) is 4.13. The van der Waals surface area contributed by atoms with Gasteiger partial charge in [0.2, 0.25) is 0 Å². The van der Waals surface area contributed by atoms with E-state index in [-0.39, 0.29) is 0 Å². The van der Waals surface area contributed by atoms with Crippen LogP contribution in [0, 0.1) is 5.92 Å². The SMILES string of the molecule is c1ccc([Si]23CCC(CC2)C3)cc1. The molecule has 13 heavy (non-hydrogen) atoms. The van der Waals surface area contributed by atoms with E-state index in [0.29, 0.717) is 0 Å². The summed E-state index contributed by atoms with van der Waals surface area (Å²) in [6.45, 7) is 0. The quantitative estimate of drug-likeness (QED) is 0.595. The third-order valence-corrected chi connectivity index (χ3v) is 9.54. The Morgan fingerprint density at radius 2 is 1.69 bits per heavy atom. The third kappa shape index (κ3) is 1.10. The average molecular weight is 188 g/mol. The summed E-state index contributed by atoms with van der Waals surface area (Å²) in [7, 11) is -0.908. The fourth-order valence-electron chi connectivity index (χ4n) is 3.39. The minimum Gasteiger partial charge on any atom is -0.0630 e. The van der Waals surface area contributed by atoms with Crippen molar-refractivity contribution in [3.63, 3.8) is 0 Å². The van der Waals surface area contributed by atoms with Crippen molar-refractivity contribution in [1.82, 2.24) is 0 Å². The van der Waals surface area contributed by atoms with E-state index < -0.39 is 8.07 Å². The van der Waals surface area contributed by atoms with Crippen LogP contribution in [-0.4, -0.2) is 8.07 Å². The van der Waals surface area contributed by atoms with E-state index in [1.165, 1.54) is 0 Å². The number of hydrogen-bond donors (Lipinski definition) is 0. The van der Waals surface area contributed by atoms with E-state index in [1.807, 2.05) is 0 Å². The van der Waals surface area contributed by atoms with Crippen LogP contribution in [0.15, 0.2) is 30.3 Å². The summed E-state index contributed by atoms with van der Waals surface area (Å²) in [5.74, 6) is 1.12. The van der Waals surface area contributed by atoms with E-state index in [2.05, 4.69) is 30.3 Å². The Hall–Kier alpha value is -0.563. The van der Waals surface area contributed by atoms with E-state index in [0.717, 1.165) is 5.92 Å². The Labute approximate surface area is 81.0 Å². The smallest absolute Gasteiger partial charge is 0.0630 e. The van der Waals surface area contributed by atoms with Gasteiger partial charge in [0.1, 0.15) is 0 Å². The van der Waals surface area contributed by atoms with Gasteiger partial charge in [0, 0.05) is 0 Å². The van der Waals surface area contributed by atoms with Crippen molar-refractivity contribution in [2.24, 2.45) is 5.92 Å². The lowest BCUT2D eigenvalue weighted by Crippen LogP contribution is -2.42. The lowest BCUT2D eigenvalue weighted by Gasteiger charge is -2.24. The Bertz CT molecular complexity index is 296. The second-order valence-corrected chi connectivity index (χ2v) is 9.34. The molecule has 1 heteroatoms. The molecule has 2 bridgehead atoms. The van der Waals surface area contributed by atoms with Crippen molar-refractivity contribution >= 4 is 13.3 Å². The van der Waals surface area contributed by atoms with Gasteiger partial charge in [-0.1, -0.05) is 66.5 Å². The lowest BCUT2D eigenvalue weighted by molar-refractivity contribution is 0.577. The molecule has 0 unspecified atom stereocenters. The topological polar surface area (TPSA) is 0 Å². The molecular weight excluding hydrogens is 172 g/mol. The van der Waals surface area contributed by atoms with Gasteiger partial charge in [-0.3, -0.25) is 0 Å². The van der Waals surface area contributed by atoms with Gasteiger partial charge in [-0.15, -0.1) is 0 Å². The molecule has 0 amide bonds. The summed E-state index contributed by atoms with van der Waals surface area (Å²) in [5.41, 5.74) is 0. The maximum absolute atomic E-state index is 2.39. The monoisotopic (exact) mass is 188 g/mol. The van der Waals surface area contributed by atoms with Crippen LogP contribution >= 0.6 is 0 Å². The predicted molar refractivity (Wildman–Crippen MR) is 59.0 cm³/mol. The molecule has 2 fully saturated rings. The fourth-order valence-corrected chi connectivity index (χ4v) is 9.20. The Balaban J connectivity index is 2.00. The highest BCUT2D eigenvalue weighted by atomic mass is 28.3. The van der Waals surface area contributed by atoms with E-state index in [1.54, 1.807) is 36.2 Å². The first kappa shape index (κ1) is 7.81. The summed E-state index contributed by atoms with van der Waals surface area (Å²) in [6, 6.07) is 16.2. The second kappa shape index (κ2) is 2.71. The van der Waals surface area contributed by atoms with Crippen LogP contribution in [0.2, 0.25) is 18.1 Å². The minimum absolute atomic E-state index is 0.908. The molecule has 0 atom stereocenters. The van der Waals surface area contributed by atoms with Crippen molar-refractivity contribution in [3.05, 3.63) is 30.3 Å². The van der Waals surface area contributed by atoms with Crippen molar-refractivity contribution in [2.75, 3.05) is 0 Å². The standard InChI is InChI=1S/C12H16Si/c1-2-4-12(5-3-1)13-8-6-11(10-13)7-9-13/h1-5,11H,6-10H2. The molecule has 2 saturated heterocycles. The summed E-state index contributed by atoms with van der Waals surface area (Å²) >= 11 is 0. The highest BCUT2D eigenvalue weighted by Crippen LogP contribution is 2.47. The zero-order valence-corrected chi connectivity index (χ0v) is 9.00. The van der Waals surface area contributed by atoms with E-state index in [4.69, 9.17) is 0 Å². The Kier molecular flexibility index (Phi) is 1.63. The summed E-state index contributed by atoms with van der Waals surface area (Å²) in [6.07, 6.45) is 3.09. The van der Waals surface area contributed by atoms with Crippen molar-refractivity contribution < 1.29 is 0 Å². The maximum atomic E-state index is 2.39.